The lowest BCUT2D eigenvalue weighted by atomic mass is 9.99. The first-order chi connectivity index (χ1) is 12.4. The van der Waals surface area contributed by atoms with Crippen molar-refractivity contribution in [2.45, 2.75) is 40.0 Å². The molecule has 1 heterocycles. The van der Waals surface area contributed by atoms with Crippen molar-refractivity contribution in [3.63, 3.8) is 0 Å². The van der Waals surface area contributed by atoms with Crippen LogP contribution in [0.3, 0.4) is 0 Å². The van der Waals surface area contributed by atoms with Gasteiger partial charge in [-0.25, -0.2) is 0 Å². The van der Waals surface area contributed by atoms with Crippen LogP contribution in [-0.4, -0.2) is 31.4 Å². The van der Waals surface area contributed by atoms with E-state index in [1.54, 1.807) is 0 Å². The van der Waals surface area contributed by atoms with E-state index in [9.17, 15) is 9.59 Å². The van der Waals surface area contributed by atoms with Gasteiger partial charge in [0.05, 0.1) is 11.8 Å². The summed E-state index contributed by atoms with van der Waals surface area (Å²) in [5.74, 6) is 0.845. The van der Waals surface area contributed by atoms with Gasteiger partial charge in [-0.15, -0.1) is 0 Å². The van der Waals surface area contributed by atoms with Gasteiger partial charge >= 0.3 is 0 Å². The van der Waals surface area contributed by atoms with Gasteiger partial charge < -0.3 is 15.5 Å². The zero-order chi connectivity index (χ0) is 18.7. The molecule has 1 aliphatic carbocycles. The second kappa shape index (κ2) is 8.11. The number of carbonyl (C=O) groups excluding carboxylic acids is 2. The molecule has 0 aromatic heterocycles. The molecule has 2 amide bonds. The van der Waals surface area contributed by atoms with Crippen LogP contribution in [0.4, 0.5) is 11.4 Å². The van der Waals surface area contributed by atoms with Gasteiger partial charge in [-0.2, -0.15) is 0 Å². The molecule has 1 aromatic rings. The number of amides is 2. The van der Waals surface area contributed by atoms with Crippen LogP contribution in [0.25, 0.3) is 0 Å². The normalized spacial score (nSPS) is 23.0. The molecule has 26 heavy (non-hydrogen) atoms. The van der Waals surface area contributed by atoms with Crippen molar-refractivity contribution in [3.05, 3.63) is 24.3 Å². The van der Waals surface area contributed by atoms with Crippen LogP contribution >= 0.6 is 0 Å². The molecule has 0 bridgehead atoms. The lowest BCUT2D eigenvalue weighted by Gasteiger charge is -2.32. The van der Waals surface area contributed by atoms with Gasteiger partial charge in [0.15, 0.2) is 0 Å². The molecule has 3 rings (SSSR count). The third kappa shape index (κ3) is 4.77. The average Bonchev–Trinajstić information content (AvgIpc) is 3.42. The zero-order valence-electron chi connectivity index (χ0n) is 16.1. The Morgan fingerprint density at radius 1 is 1.08 bits per heavy atom. The zero-order valence-corrected chi connectivity index (χ0v) is 16.1. The summed E-state index contributed by atoms with van der Waals surface area (Å²) in [6.07, 6.45) is 3.13. The number of nitrogens with one attached hydrogen (secondary N) is 2. The molecule has 1 aromatic carbocycles. The van der Waals surface area contributed by atoms with Crippen molar-refractivity contribution in [1.29, 1.82) is 0 Å². The van der Waals surface area contributed by atoms with Gasteiger partial charge in [-0.05, 0) is 55.4 Å². The minimum Gasteiger partial charge on any atom is -0.372 e. The first kappa shape index (κ1) is 18.7. The summed E-state index contributed by atoms with van der Waals surface area (Å²) in [6, 6.07) is 8.07. The van der Waals surface area contributed by atoms with Gasteiger partial charge in [0.1, 0.15) is 0 Å². The minimum absolute atomic E-state index is 0.00789. The van der Waals surface area contributed by atoms with Gasteiger partial charge in [0, 0.05) is 31.0 Å². The second-order valence-electron chi connectivity index (χ2n) is 8.29. The smallest absolute Gasteiger partial charge is 0.228 e. The average molecular weight is 357 g/mol. The van der Waals surface area contributed by atoms with Crippen molar-refractivity contribution in [2.75, 3.05) is 29.9 Å². The van der Waals surface area contributed by atoms with E-state index in [1.807, 2.05) is 12.1 Å². The van der Waals surface area contributed by atoms with Gasteiger partial charge in [-0.1, -0.05) is 20.8 Å². The van der Waals surface area contributed by atoms with E-state index in [2.05, 4.69) is 48.4 Å². The van der Waals surface area contributed by atoms with Crippen LogP contribution in [0.5, 0.6) is 0 Å². The molecule has 2 unspecified atom stereocenters. The van der Waals surface area contributed by atoms with Gasteiger partial charge in [0.25, 0.3) is 0 Å². The molecule has 142 valence electrons. The summed E-state index contributed by atoms with van der Waals surface area (Å²) in [5.41, 5.74) is 2.02. The van der Waals surface area contributed by atoms with E-state index in [0.717, 1.165) is 24.7 Å². The highest BCUT2D eigenvalue weighted by atomic mass is 16.2. The third-order valence-corrected chi connectivity index (χ3v) is 5.43. The Morgan fingerprint density at radius 3 is 2.31 bits per heavy atom. The van der Waals surface area contributed by atoms with E-state index in [4.69, 9.17) is 0 Å². The number of anilines is 2. The fourth-order valence-electron chi connectivity index (χ4n) is 3.47. The van der Waals surface area contributed by atoms with Crippen LogP contribution in [0, 0.1) is 23.7 Å². The fraction of sp³-hybridized carbons (Fsp3) is 0.619. The summed E-state index contributed by atoms with van der Waals surface area (Å²) in [7, 11) is 0. The number of hydrogen-bond donors (Lipinski definition) is 2. The molecule has 1 aliphatic heterocycles. The maximum Gasteiger partial charge on any atom is 0.228 e. The van der Waals surface area contributed by atoms with Gasteiger partial charge in [0.2, 0.25) is 11.8 Å². The maximum atomic E-state index is 12.3. The molecule has 1 saturated heterocycles. The lowest BCUT2D eigenvalue weighted by Crippen LogP contribution is -2.32. The van der Waals surface area contributed by atoms with Crippen LogP contribution < -0.4 is 15.5 Å². The summed E-state index contributed by atoms with van der Waals surface area (Å²) in [5, 5.41) is 5.87. The molecular formula is C21H31N3O2. The highest BCUT2D eigenvalue weighted by Crippen LogP contribution is 2.39. The van der Waals surface area contributed by atoms with E-state index in [-0.39, 0.29) is 23.7 Å². The van der Waals surface area contributed by atoms with Gasteiger partial charge in [-0.3, -0.25) is 9.59 Å². The van der Waals surface area contributed by atoms with E-state index in [1.165, 1.54) is 18.5 Å². The highest BCUT2D eigenvalue weighted by Gasteiger charge is 2.47. The van der Waals surface area contributed by atoms with E-state index < -0.39 is 0 Å². The molecule has 0 radical (unpaired) electrons. The molecule has 1 saturated carbocycles. The molecule has 2 fully saturated rings. The molecule has 0 spiro atoms. The van der Waals surface area contributed by atoms with Crippen LogP contribution in [0.2, 0.25) is 0 Å². The van der Waals surface area contributed by atoms with Crippen LogP contribution in [0.15, 0.2) is 24.3 Å². The molecule has 2 atom stereocenters. The number of nitrogens with zero attached hydrogens (tertiary/aromatic N) is 1. The predicted octanol–water partition coefficient (Wildman–Crippen LogP) is 3.27. The fourth-order valence-corrected chi connectivity index (χ4v) is 3.47. The van der Waals surface area contributed by atoms with Crippen molar-refractivity contribution >= 4 is 23.2 Å². The Bertz CT molecular complexity index is 633. The largest absolute Gasteiger partial charge is 0.372 e. The topological polar surface area (TPSA) is 61.4 Å². The Hall–Kier alpha value is -2.04. The molecule has 2 N–H and O–H groups in total. The number of benzene rings is 1. The van der Waals surface area contributed by atoms with Crippen molar-refractivity contribution in [2.24, 2.45) is 23.7 Å². The van der Waals surface area contributed by atoms with E-state index in [0.29, 0.717) is 18.9 Å². The van der Waals surface area contributed by atoms with Crippen molar-refractivity contribution in [1.82, 2.24) is 5.32 Å². The Labute approximate surface area is 156 Å². The molecule has 5 heteroatoms. The molecule has 2 aliphatic rings. The van der Waals surface area contributed by atoms with Crippen molar-refractivity contribution < 1.29 is 9.59 Å². The summed E-state index contributed by atoms with van der Waals surface area (Å²) < 4.78 is 0. The third-order valence-electron chi connectivity index (χ3n) is 5.43. The summed E-state index contributed by atoms with van der Waals surface area (Å²) in [6.45, 7) is 9.30. The SMILES string of the molecule is CC(C)CNC(=O)C1CC1C(=O)Nc1ccc(N2CCC(C)CC2)cc1. The Kier molecular flexibility index (Phi) is 5.84. The first-order valence-corrected chi connectivity index (χ1v) is 9.87. The lowest BCUT2D eigenvalue weighted by molar-refractivity contribution is -0.125. The van der Waals surface area contributed by atoms with Crippen LogP contribution in [0.1, 0.15) is 40.0 Å². The summed E-state index contributed by atoms with van der Waals surface area (Å²) in [4.78, 5) is 26.8. The summed E-state index contributed by atoms with van der Waals surface area (Å²) >= 11 is 0. The maximum absolute atomic E-state index is 12.3. The standard InChI is InChI=1S/C21H31N3O2/c1-14(2)13-22-20(25)18-12-19(18)21(26)23-16-4-6-17(7-5-16)24-10-8-15(3)9-11-24/h4-7,14-15,18-19H,8-13H2,1-3H3,(H,22,25)(H,23,26). The minimum atomic E-state index is -0.189. The number of rotatable bonds is 6. The monoisotopic (exact) mass is 357 g/mol. The Balaban J connectivity index is 1.47. The molecule has 5 nitrogen and oxygen atoms in total. The van der Waals surface area contributed by atoms with Crippen molar-refractivity contribution in [3.8, 4) is 0 Å². The first-order valence-electron chi connectivity index (χ1n) is 9.87. The molecular weight excluding hydrogens is 326 g/mol. The number of carbonyl (C=O) groups is 2. The second-order valence-corrected chi connectivity index (χ2v) is 8.29. The number of piperidine rings is 1. The quantitative estimate of drug-likeness (QED) is 0.821. The van der Waals surface area contributed by atoms with Crippen LogP contribution in [-0.2, 0) is 9.59 Å². The predicted molar refractivity (Wildman–Crippen MR) is 105 cm³/mol. The van der Waals surface area contributed by atoms with E-state index >= 15 is 0 Å². The Morgan fingerprint density at radius 2 is 1.69 bits per heavy atom. The number of hydrogen-bond acceptors (Lipinski definition) is 3. The highest BCUT2D eigenvalue weighted by molar-refractivity contribution is 5.99.